The van der Waals surface area contributed by atoms with E-state index < -0.39 is 11.7 Å². The third-order valence-corrected chi connectivity index (χ3v) is 2.47. The Kier molecular flexibility index (Phi) is 4.05. The van der Waals surface area contributed by atoms with Gasteiger partial charge in [0.25, 0.3) is 0 Å². The Labute approximate surface area is 90.5 Å². The zero-order valence-corrected chi connectivity index (χ0v) is 9.49. The molecule has 0 unspecified atom stereocenters. The minimum atomic E-state index is -0.691. The van der Waals surface area contributed by atoms with Gasteiger partial charge in [0.05, 0.1) is 6.04 Å². The summed E-state index contributed by atoms with van der Waals surface area (Å²) in [5.41, 5.74) is 4.34. The van der Waals surface area contributed by atoms with Crippen LogP contribution in [-0.4, -0.2) is 17.7 Å². The molecule has 0 spiro atoms. The van der Waals surface area contributed by atoms with E-state index in [1.54, 1.807) is 13.8 Å². The lowest BCUT2D eigenvalue weighted by atomic mass is 9.96. The highest BCUT2D eigenvalue weighted by molar-refractivity contribution is 5.72. The number of urea groups is 1. The molecule has 0 aliphatic heterocycles. The first-order chi connectivity index (χ1) is 6.99. The Balaban J connectivity index is 2.43. The molecule has 1 saturated carbocycles. The number of carbonyl (C=O) groups excluding carboxylic acids is 1. The SMILES string of the molecule is CC(C)(/N=N/C1CCCCC1)NC(N)=O. The average Bonchev–Trinajstić information content (AvgIpc) is 2.15. The predicted octanol–water partition coefficient (Wildman–Crippen LogP) is 2.18. The molecule has 0 atom stereocenters. The van der Waals surface area contributed by atoms with E-state index in [4.69, 9.17) is 5.73 Å². The van der Waals surface area contributed by atoms with Gasteiger partial charge in [0.15, 0.2) is 0 Å². The molecule has 5 nitrogen and oxygen atoms in total. The summed E-state index contributed by atoms with van der Waals surface area (Å²) in [6, 6.07) is -0.240. The van der Waals surface area contributed by atoms with E-state index in [1.807, 2.05) is 0 Å². The molecule has 1 aliphatic carbocycles. The molecular weight excluding hydrogens is 192 g/mol. The van der Waals surface area contributed by atoms with Crippen molar-refractivity contribution in [2.45, 2.75) is 57.7 Å². The maximum atomic E-state index is 10.7. The van der Waals surface area contributed by atoms with Crippen molar-refractivity contribution in [1.29, 1.82) is 0 Å². The van der Waals surface area contributed by atoms with Crippen molar-refractivity contribution in [1.82, 2.24) is 5.32 Å². The number of nitrogens with zero attached hydrogens (tertiary/aromatic N) is 2. The molecule has 0 radical (unpaired) electrons. The number of primary amides is 1. The van der Waals surface area contributed by atoms with Gasteiger partial charge in [-0.15, -0.1) is 0 Å². The van der Waals surface area contributed by atoms with E-state index >= 15 is 0 Å². The number of rotatable bonds is 3. The molecule has 0 aromatic rings. The maximum Gasteiger partial charge on any atom is 0.314 e. The van der Waals surface area contributed by atoms with Gasteiger partial charge >= 0.3 is 6.03 Å². The Hall–Kier alpha value is -1.13. The highest BCUT2D eigenvalue weighted by Crippen LogP contribution is 2.21. The number of amides is 2. The Bertz CT molecular complexity index is 244. The molecule has 0 aromatic carbocycles. The standard InChI is InChI=1S/C10H20N4O/c1-10(2,12-9(11)15)14-13-8-6-4-3-5-7-8/h8H,3-7H2,1-2H3,(H3,11,12,15)/b14-13+. The minimum Gasteiger partial charge on any atom is -0.352 e. The quantitative estimate of drug-likeness (QED) is 0.691. The number of hydrogen-bond donors (Lipinski definition) is 2. The Morgan fingerprint density at radius 3 is 2.47 bits per heavy atom. The van der Waals surface area contributed by atoms with E-state index in [-0.39, 0.29) is 0 Å². The summed E-state index contributed by atoms with van der Waals surface area (Å²) in [5.74, 6) is 0. The Morgan fingerprint density at radius 1 is 1.33 bits per heavy atom. The second-order valence-corrected chi connectivity index (χ2v) is 4.56. The van der Waals surface area contributed by atoms with Gasteiger partial charge in [0, 0.05) is 0 Å². The summed E-state index contributed by atoms with van der Waals surface area (Å²) in [5, 5.41) is 10.9. The van der Waals surface area contributed by atoms with Crippen molar-refractivity contribution in [2.75, 3.05) is 0 Å². The van der Waals surface area contributed by atoms with E-state index in [1.165, 1.54) is 19.3 Å². The van der Waals surface area contributed by atoms with Crippen molar-refractivity contribution in [2.24, 2.45) is 16.0 Å². The first kappa shape index (κ1) is 11.9. The topological polar surface area (TPSA) is 79.8 Å². The van der Waals surface area contributed by atoms with Crippen LogP contribution in [0.1, 0.15) is 46.0 Å². The van der Waals surface area contributed by atoms with Crippen LogP contribution in [0.2, 0.25) is 0 Å². The van der Waals surface area contributed by atoms with E-state index in [0.717, 1.165) is 12.8 Å². The lowest BCUT2D eigenvalue weighted by Crippen LogP contribution is -2.44. The Morgan fingerprint density at radius 2 is 1.93 bits per heavy atom. The molecule has 86 valence electrons. The van der Waals surface area contributed by atoms with Crippen molar-refractivity contribution in [3.05, 3.63) is 0 Å². The molecule has 0 aromatic heterocycles. The monoisotopic (exact) mass is 212 g/mol. The molecule has 0 saturated heterocycles. The van der Waals surface area contributed by atoms with E-state index in [0.29, 0.717) is 6.04 Å². The number of carbonyl (C=O) groups is 1. The molecule has 15 heavy (non-hydrogen) atoms. The minimum absolute atomic E-state index is 0.327. The average molecular weight is 212 g/mol. The van der Waals surface area contributed by atoms with Crippen LogP contribution in [0.3, 0.4) is 0 Å². The first-order valence-corrected chi connectivity index (χ1v) is 5.49. The molecule has 0 bridgehead atoms. The zero-order chi connectivity index (χ0) is 11.3. The van der Waals surface area contributed by atoms with Crippen LogP contribution in [0.25, 0.3) is 0 Å². The van der Waals surface area contributed by atoms with Crippen LogP contribution in [0.15, 0.2) is 10.2 Å². The summed E-state index contributed by atoms with van der Waals surface area (Å²) >= 11 is 0. The van der Waals surface area contributed by atoms with E-state index in [9.17, 15) is 4.79 Å². The van der Waals surface area contributed by atoms with E-state index in [2.05, 4.69) is 15.5 Å². The number of nitrogens with two attached hydrogens (primary N) is 1. The smallest absolute Gasteiger partial charge is 0.314 e. The normalized spacial score (nSPS) is 19.3. The number of nitrogens with one attached hydrogen (secondary N) is 1. The molecule has 1 aliphatic rings. The van der Waals surface area contributed by atoms with Crippen molar-refractivity contribution < 1.29 is 4.79 Å². The van der Waals surface area contributed by atoms with Crippen LogP contribution in [0, 0.1) is 0 Å². The van der Waals surface area contributed by atoms with Gasteiger partial charge in [-0.2, -0.15) is 10.2 Å². The summed E-state index contributed by atoms with van der Waals surface area (Å²) in [7, 11) is 0. The fourth-order valence-corrected chi connectivity index (χ4v) is 1.75. The molecular formula is C10H20N4O. The molecule has 5 heteroatoms. The summed E-state index contributed by atoms with van der Waals surface area (Å²) < 4.78 is 0. The molecule has 2 amide bonds. The lowest BCUT2D eigenvalue weighted by Gasteiger charge is -2.21. The summed E-state index contributed by atoms with van der Waals surface area (Å²) in [6.07, 6.45) is 5.97. The number of hydrogen-bond acceptors (Lipinski definition) is 3. The molecule has 1 rings (SSSR count). The van der Waals surface area contributed by atoms with Crippen LogP contribution in [0.4, 0.5) is 4.79 Å². The largest absolute Gasteiger partial charge is 0.352 e. The van der Waals surface area contributed by atoms with Crippen LogP contribution in [0.5, 0.6) is 0 Å². The zero-order valence-electron chi connectivity index (χ0n) is 9.49. The third-order valence-electron chi connectivity index (χ3n) is 2.47. The van der Waals surface area contributed by atoms with Crippen LogP contribution >= 0.6 is 0 Å². The van der Waals surface area contributed by atoms with Gasteiger partial charge < -0.3 is 11.1 Å². The number of azo groups is 1. The van der Waals surface area contributed by atoms with Gasteiger partial charge in [-0.25, -0.2) is 4.79 Å². The van der Waals surface area contributed by atoms with Gasteiger partial charge in [0.2, 0.25) is 0 Å². The molecule has 1 fully saturated rings. The van der Waals surface area contributed by atoms with Gasteiger partial charge in [-0.05, 0) is 26.7 Å². The molecule has 0 heterocycles. The lowest BCUT2D eigenvalue weighted by molar-refractivity contribution is 0.237. The summed E-state index contributed by atoms with van der Waals surface area (Å²) in [6.45, 7) is 3.56. The van der Waals surface area contributed by atoms with Crippen LogP contribution < -0.4 is 11.1 Å². The van der Waals surface area contributed by atoms with Gasteiger partial charge in [-0.3, -0.25) is 0 Å². The third kappa shape index (κ3) is 4.76. The highest BCUT2D eigenvalue weighted by Gasteiger charge is 2.19. The van der Waals surface area contributed by atoms with Gasteiger partial charge in [0.1, 0.15) is 5.66 Å². The van der Waals surface area contributed by atoms with Crippen LogP contribution in [-0.2, 0) is 0 Å². The molecule has 3 N–H and O–H groups in total. The highest BCUT2D eigenvalue weighted by atomic mass is 16.2. The second-order valence-electron chi connectivity index (χ2n) is 4.56. The first-order valence-electron chi connectivity index (χ1n) is 5.49. The second kappa shape index (κ2) is 5.09. The van der Waals surface area contributed by atoms with Gasteiger partial charge in [-0.1, -0.05) is 19.3 Å². The van der Waals surface area contributed by atoms with Crippen molar-refractivity contribution in [3.63, 3.8) is 0 Å². The van der Waals surface area contributed by atoms with Crippen molar-refractivity contribution in [3.8, 4) is 0 Å². The maximum absolute atomic E-state index is 10.7. The summed E-state index contributed by atoms with van der Waals surface area (Å²) in [4.78, 5) is 10.7. The van der Waals surface area contributed by atoms with Crippen molar-refractivity contribution >= 4 is 6.03 Å². The predicted molar refractivity (Wildman–Crippen MR) is 58.5 cm³/mol. The fourth-order valence-electron chi connectivity index (χ4n) is 1.75. The fraction of sp³-hybridized carbons (Fsp3) is 0.900.